The minimum Gasteiger partial charge on any atom is -0.326 e. The molecule has 1 saturated carbocycles. The van der Waals surface area contributed by atoms with Gasteiger partial charge in [-0.25, -0.2) is 0 Å². The molecule has 1 aliphatic rings. The summed E-state index contributed by atoms with van der Waals surface area (Å²) in [5.74, 6) is 0.745. The Morgan fingerprint density at radius 2 is 2.00 bits per heavy atom. The van der Waals surface area contributed by atoms with Crippen molar-refractivity contribution in [2.45, 2.75) is 57.7 Å². The van der Waals surface area contributed by atoms with Crippen molar-refractivity contribution in [1.29, 1.82) is 0 Å². The van der Waals surface area contributed by atoms with Crippen molar-refractivity contribution < 1.29 is 0 Å². The zero-order valence-electron chi connectivity index (χ0n) is 12.8. The van der Waals surface area contributed by atoms with Crippen molar-refractivity contribution in [3.05, 3.63) is 34.9 Å². The van der Waals surface area contributed by atoms with Gasteiger partial charge in [-0.05, 0) is 50.4 Å². The van der Waals surface area contributed by atoms with Crippen LogP contribution in [0, 0.1) is 5.92 Å². The highest BCUT2D eigenvalue weighted by Gasteiger charge is 2.31. The van der Waals surface area contributed by atoms with Crippen LogP contribution in [0.1, 0.15) is 51.1 Å². The summed E-state index contributed by atoms with van der Waals surface area (Å²) in [5.41, 5.74) is 7.52. The van der Waals surface area contributed by atoms with Crippen LogP contribution in [0.15, 0.2) is 24.3 Å². The second-order valence-corrected chi connectivity index (χ2v) is 6.79. The number of hydrogen-bond acceptors (Lipinski definition) is 2. The summed E-state index contributed by atoms with van der Waals surface area (Å²) in [6, 6.07) is 9.09. The van der Waals surface area contributed by atoms with Crippen LogP contribution in [0.2, 0.25) is 5.02 Å². The van der Waals surface area contributed by atoms with E-state index in [9.17, 15) is 0 Å². The molecule has 1 fully saturated rings. The molecular weight excluding hydrogens is 268 g/mol. The van der Waals surface area contributed by atoms with Gasteiger partial charge in [-0.15, -0.1) is 0 Å². The molecule has 0 heterocycles. The third kappa shape index (κ3) is 3.55. The fraction of sp³-hybridized carbons (Fsp3) is 0.647. The van der Waals surface area contributed by atoms with Crippen LogP contribution in [-0.2, 0) is 0 Å². The smallest absolute Gasteiger partial charge is 0.0496 e. The molecule has 2 rings (SSSR count). The quantitative estimate of drug-likeness (QED) is 0.900. The summed E-state index contributed by atoms with van der Waals surface area (Å²) in [4.78, 5) is 2.49. The van der Waals surface area contributed by atoms with E-state index < -0.39 is 0 Å². The van der Waals surface area contributed by atoms with E-state index in [0.29, 0.717) is 6.04 Å². The minimum absolute atomic E-state index is 0.0904. The van der Waals surface area contributed by atoms with E-state index in [1.807, 2.05) is 12.1 Å². The van der Waals surface area contributed by atoms with E-state index in [1.165, 1.54) is 31.2 Å². The zero-order valence-corrected chi connectivity index (χ0v) is 13.6. The minimum atomic E-state index is 0.0904. The van der Waals surface area contributed by atoms with Gasteiger partial charge in [0, 0.05) is 23.1 Å². The van der Waals surface area contributed by atoms with Crippen LogP contribution in [0.3, 0.4) is 0 Å². The van der Waals surface area contributed by atoms with E-state index in [2.05, 4.69) is 37.9 Å². The second-order valence-electron chi connectivity index (χ2n) is 6.35. The maximum Gasteiger partial charge on any atom is 0.0496 e. The number of benzene rings is 1. The Labute approximate surface area is 128 Å². The highest BCUT2D eigenvalue weighted by molar-refractivity contribution is 6.30. The van der Waals surface area contributed by atoms with Crippen LogP contribution >= 0.6 is 11.6 Å². The maximum absolute atomic E-state index is 6.29. The first kappa shape index (κ1) is 15.8. The predicted octanol–water partition coefficient (Wildman–Crippen LogP) is 4.24. The molecule has 0 spiro atoms. The zero-order chi connectivity index (χ0) is 14.7. The topological polar surface area (TPSA) is 29.3 Å². The van der Waals surface area contributed by atoms with Crippen molar-refractivity contribution in [3.8, 4) is 0 Å². The van der Waals surface area contributed by atoms with Gasteiger partial charge in [0.05, 0.1) is 0 Å². The molecule has 4 atom stereocenters. The van der Waals surface area contributed by atoms with Gasteiger partial charge in [0.1, 0.15) is 0 Å². The van der Waals surface area contributed by atoms with Gasteiger partial charge in [-0.3, -0.25) is 4.90 Å². The summed E-state index contributed by atoms with van der Waals surface area (Å²) in [5, 5.41) is 0.790. The molecule has 1 aromatic carbocycles. The summed E-state index contributed by atoms with van der Waals surface area (Å²) in [6.07, 6.45) is 5.31. The average Bonchev–Trinajstić information content (AvgIpc) is 2.39. The monoisotopic (exact) mass is 294 g/mol. The van der Waals surface area contributed by atoms with Crippen LogP contribution in [0.25, 0.3) is 0 Å². The molecular formula is C17H27ClN2. The lowest BCUT2D eigenvalue weighted by Crippen LogP contribution is -2.46. The van der Waals surface area contributed by atoms with E-state index in [-0.39, 0.29) is 12.1 Å². The first-order valence-corrected chi connectivity index (χ1v) is 8.11. The molecule has 20 heavy (non-hydrogen) atoms. The second kappa shape index (κ2) is 6.93. The van der Waals surface area contributed by atoms with Crippen LogP contribution in [0.5, 0.6) is 0 Å². The van der Waals surface area contributed by atoms with Gasteiger partial charge >= 0.3 is 0 Å². The largest absolute Gasteiger partial charge is 0.326 e. The standard InChI is InChI=1S/C17H27ClN2/c1-12-7-4-5-10-16(12)20(3)17(13(2)19)14-8-6-9-15(18)11-14/h6,8-9,11-13,16-17H,4-5,7,10,19H2,1-3H3. The van der Waals surface area contributed by atoms with Crippen LogP contribution in [-0.4, -0.2) is 24.0 Å². The third-order valence-electron chi connectivity index (χ3n) is 4.72. The SMILES string of the molecule is CC(N)C(c1cccc(Cl)c1)N(C)C1CCCCC1C. The van der Waals surface area contributed by atoms with Gasteiger partial charge < -0.3 is 5.73 Å². The van der Waals surface area contributed by atoms with Gasteiger partial charge in [-0.2, -0.15) is 0 Å². The summed E-state index contributed by atoms with van der Waals surface area (Å²) in [6.45, 7) is 4.46. The molecule has 1 aliphatic carbocycles. The van der Waals surface area contributed by atoms with Crippen LogP contribution in [0.4, 0.5) is 0 Å². The fourth-order valence-corrected chi connectivity index (χ4v) is 3.91. The van der Waals surface area contributed by atoms with E-state index >= 15 is 0 Å². The van der Waals surface area contributed by atoms with Gasteiger partial charge in [0.15, 0.2) is 0 Å². The van der Waals surface area contributed by atoms with Gasteiger partial charge in [-0.1, -0.05) is 43.5 Å². The fourth-order valence-electron chi connectivity index (χ4n) is 3.71. The Morgan fingerprint density at radius 1 is 1.30 bits per heavy atom. The number of halogens is 1. The number of hydrogen-bond donors (Lipinski definition) is 1. The van der Waals surface area contributed by atoms with Crippen LogP contribution < -0.4 is 5.73 Å². The molecule has 112 valence electrons. The molecule has 0 aliphatic heterocycles. The number of nitrogens with zero attached hydrogens (tertiary/aromatic N) is 1. The molecule has 4 unspecified atom stereocenters. The highest BCUT2D eigenvalue weighted by atomic mass is 35.5. The third-order valence-corrected chi connectivity index (χ3v) is 4.95. The first-order chi connectivity index (χ1) is 9.50. The lowest BCUT2D eigenvalue weighted by molar-refractivity contribution is 0.0859. The number of likely N-dealkylation sites (N-methyl/N-ethyl adjacent to an activating group) is 1. The summed E-state index contributed by atoms with van der Waals surface area (Å²) >= 11 is 6.15. The summed E-state index contributed by atoms with van der Waals surface area (Å²) < 4.78 is 0. The van der Waals surface area contributed by atoms with E-state index in [1.54, 1.807) is 0 Å². The molecule has 1 aromatic rings. The normalized spacial score (nSPS) is 26.5. The number of rotatable bonds is 4. The molecule has 0 bridgehead atoms. The van der Waals surface area contributed by atoms with Crippen molar-refractivity contribution in [2.75, 3.05) is 7.05 Å². The lowest BCUT2D eigenvalue weighted by atomic mass is 9.83. The van der Waals surface area contributed by atoms with E-state index in [0.717, 1.165) is 10.9 Å². The molecule has 0 radical (unpaired) electrons. The highest BCUT2D eigenvalue weighted by Crippen LogP contribution is 2.34. The van der Waals surface area contributed by atoms with Gasteiger partial charge in [0.25, 0.3) is 0 Å². The number of nitrogens with two attached hydrogens (primary N) is 1. The van der Waals surface area contributed by atoms with Crippen molar-refractivity contribution in [3.63, 3.8) is 0 Å². The van der Waals surface area contributed by atoms with Crippen molar-refractivity contribution >= 4 is 11.6 Å². The Balaban J connectivity index is 2.23. The Kier molecular flexibility index (Phi) is 5.48. The molecule has 0 saturated heterocycles. The lowest BCUT2D eigenvalue weighted by Gasteiger charge is -2.42. The Morgan fingerprint density at radius 3 is 2.60 bits per heavy atom. The predicted molar refractivity (Wildman–Crippen MR) is 87.0 cm³/mol. The van der Waals surface area contributed by atoms with Crippen molar-refractivity contribution in [2.24, 2.45) is 11.7 Å². The molecule has 0 aromatic heterocycles. The summed E-state index contributed by atoms with van der Waals surface area (Å²) in [7, 11) is 2.22. The molecule has 3 heteroatoms. The first-order valence-electron chi connectivity index (χ1n) is 7.73. The average molecular weight is 295 g/mol. The van der Waals surface area contributed by atoms with E-state index in [4.69, 9.17) is 17.3 Å². The molecule has 0 amide bonds. The van der Waals surface area contributed by atoms with Gasteiger partial charge in [0.2, 0.25) is 0 Å². The maximum atomic E-state index is 6.29. The molecule has 2 nitrogen and oxygen atoms in total. The Bertz CT molecular complexity index is 433. The van der Waals surface area contributed by atoms with Crippen molar-refractivity contribution in [1.82, 2.24) is 4.90 Å². The molecule has 2 N–H and O–H groups in total. The Hall–Kier alpha value is -0.570.